The highest BCUT2D eigenvalue weighted by molar-refractivity contribution is 6.25. The molecule has 0 aromatic rings. The lowest BCUT2D eigenvalue weighted by Crippen LogP contribution is -2.50. The number of nitrogens with zero attached hydrogens (tertiary/aromatic N) is 2. The second kappa shape index (κ2) is 9.17. The van der Waals surface area contributed by atoms with Crippen molar-refractivity contribution in [2.45, 2.75) is 65.7 Å². The van der Waals surface area contributed by atoms with E-state index in [1.54, 1.807) is 34.6 Å². The van der Waals surface area contributed by atoms with Gasteiger partial charge in [-0.1, -0.05) is 20.8 Å². The van der Waals surface area contributed by atoms with Crippen LogP contribution in [0.1, 0.15) is 47.5 Å². The number of hydrogen-bond donors (Lipinski definition) is 2. The fourth-order valence-electron chi connectivity index (χ4n) is 1.62. The maximum atomic E-state index is 12.0. The number of aliphatic hydroxyl groups excluding tert-OH is 1. The normalized spacial score (nSPS) is 13.7. The minimum atomic E-state index is -1.31. The summed E-state index contributed by atoms with van der Waals surface area (Å²) in [5, 5.41) is 12.3. The molecule has 130 valence electrons. The molecule has 0 fully saturated rings. The molecule has 0 rings (SSSR count). The number of rotatable bonds is 8. The van der Waals surface area contributed by atoms with Crippen molar-refractivity contribution in [3.63, 3.8) is 0 Å². The molecule has 0 unspecified atom stereocenters. The van der Waals surface area contributed by atoms with Crippen LogP contribution in [0.3, 0.4) is 0 Å². The van der Waals surface area contributed by atoms with E-state index in [-0.39, 0.29) is 18.9 Å². The lowest BCUT2D eigenvalue weighted by Gasteiger charge is -2.27. The van der Waals surface area contributed by atoms with Gasteiger partial charge in [0.1, 0.15) is 12.1 Å². The van der Waals surface area contributed by atoms with Gasteiger partial charge < -0.3 is 20.7 Å². The number of ether oxygens (including phenoxy) is 1. The highest BCUT2D eigenvalue weighted by Crippen LogP contribution is 2.19. The van der Waals surface area contributed by atoms with Crippen LogP contribution in [0, 0.1) is 5.41 Å². The van der Waals surface area contributed by atoms with E-state index < -0.39 is 35.2 Å². The SMILES string of the molecule is CC(C)OC(=O)[C@H](CCC(=O)C=[N+]=[N-])NC(=O)[C@@H](O)C(C)(C)C. The van der Waals surface area contributed by atoms with Gasteiger partial charge in [0.05, 0.1) is 6.10 Å². The maximum Gasteiger partial charge on any atom is 0.328 e. The zero-order chi connectivity index (χ0) is 18.2. The number of ketones is 1. The molecular weight excluding hydrogens is 302 g/mol. The molecule has 2 N–H and O–H groups in total. The van der Waals surface area contributed by atoms with E-state index >= 15 is 0 Å². The molecule has 2 atom stereocenters. The summed E-state index contributed by atoms with van der Waals surface area (Å²) >= 11 is 0. The molecule has 0 aromatic heterocycles. The van der Waals surface area contributed by atoms with Crippen molar-refractivity contribution >= 4 is 23.9 Å². The van der Waals surface area contributed by atoms with Crippen LogP contribution in [-0.2, 0) is 19.1 Å². The van der Waals surface area contributed by atoms with Gasteiger partial charge in [-0.15, -0.1) is 0 Å². The average Bonchev–Trinajstić information content (AvgIpc) is 2.40. The largest absolute Gasteiger partial charge is 0.461 e. The van der Waals surface area contributed by atoms with Gasteiger partial charge >= 0.3 is 12.2 Å². The van der Waals surface area contributed by atoms with Crippen molar-refractivity contribution in [1.82, 2.24) is 5.32 Å². The van der Waals surface area contributed by atoms with E-state index in [0.717, 1.165) is 6.21 Å². The second-order valence-electron chi connectivity index (χ2n) is 6.56. The lowest BCUT2D eigenvalue weighted by molar-refractivity contribution is -0.153. The predicted molar refractivity (Wildman–Crippen MR) is 82.5 cm³/mol. The molecule has 0 aliphatic rings. The first-order valence-corrected chi connectivity index (χ1v) is 7.38. The van der Waals surface area contributed by atoms with Gasteiger partial charge in [-0.25, -0.2) is 4.79 Å². The molecule has 0 aliphatic carbocycles. The molecule has 8 nitrogen and oxygen atoms in total. The molecule has 0 aliphatic heterocycles. The van der Waals surface area contributed by atoms with E-state index in [9.17, 15) is 19.5 Å². The summed E-state index contributed by atoms with van der Waals surface area (Å²) in [6.45, 7) is 8.36. The Balaban J connectivity index is 4.97. The number of esters is 1. The van der Waals surface area contributed by atoms with Gasteiger partial charge in [0, 0.05) is 6.42 Å². The Morgan fingerprint density at radius 2 is 1.87 bits per heavy atom. The molecular formula is C15H25N3O5. The minimum absolute atomic E-state index is 0.0288. The lowest BCUT2D eigenvalue weighted by atomic mass is 9.88. The molecule has 0 spiro atoms. The number of amides is 1. The van der Waals surface area contributed by atoms with Gasteiger partial charge in [-0.3, -0.25) is 9.59 Å². The van der Waals surface area contributed by atoms with Crippen LogP contribution in [0.4, 0.5) is 0 Å². The Morgan fingerprint density at radius 3 is 2.30 bits per heavy atom. The zero-order valence-corrected chi connectivity index (χ0v) is 14.2. The molecule has 0 saturated carbocycles. The van der Waals surface area contributed by atoms with Crippen LogP contribution < -0.4 is 5.32 Å². The van der Waals surface area contributed by atoms with Crippen LogP contribution >= 0.6 is 0 Å². The van der Waals surface area contributed by atoms with Gasteiger partial charge in [0.2, 0.25) is 11.7 Å². The number of Topliss-reactive ketones (excluding diaryl/α,β-unsaturated/α-hetero) is 1. The van der Waals surface area contributed by atoms with Crippen molar-refractivity contribution in [3.8, 4) is 0 Å². The Kier molecular flexibility index (Phi) is 8.35. The summed E-state index contributed by atoms with van der Waals surface area (Å²) in [6, 6.07) is -1.07. The van der Waals surface area contributed by atoms with Gasteiger partial charge in [0.25, 0.3) is 0 Å². The van der Waals surface area contributed by atoms with Crippen molar-refractivity contribution < 1.29 is 29.0 Å². The topological polar surface area (TPSA) is 129 Å². The summed E-state index contributed by atoms with van der Waals surface area (Å²) in [5.74, 6) is -1.91. The first kappa shape index (κ1) is 20.9. The first-order valence-electron chi connectivity index (χ1n) is 7.38. The van der Waals surface area contributed by atoms with Crippen LogP contribution in [0.15, 0.2) is 0 Å². The van der Waals surface area contributed by atoms with Gasteiger partial charge in [0.15, 0.2) is 0 Å². The molecule has 1 amide bonds. The highest BCUT2D eigenvalue weighted by Gasteiger charge is 2.32. The van der Waals surface area contributed by atoms with Crippen molar-refractivity contribution in [3.05, 3.63) is 5.53 Å². The fourth-order valence-corrected chi connectivity index (χ4v) is 1.62. The molecule has 0 radical (unpaired) electrons. The third-order valence-corrected chi connectivity index (χ3v) is 2.90. The van der Waals surface area contributed by atoms with Crippen molar-refractivity contribution in [1.29, 1.82) is 0 Å². The maximum absolute atomic E-state index is 12.0. The number of aliphatic hydroxyl groups is 1. The van der Waals surface area contributed by atoms with Crippen LogP contribution in [0.2, 0.25) is 0 Å². The average molecular weight is 327 g/mol. The standard InChI is InChI=1S/C15H25N3O5/c1-9(2)23-14(22)11(7-6-10(19)8-17-16)18-13(21)12(20)15(3,4)5/h8-9,11-12,20H,6-7H2,1-5H3,(H,18,21)/t11-,12+/m0/s1. The first-order chi connectivity index (χ1) is 10.5. The smallest absolute Gasteiger partial charge is 0.328 e. The number of hydrogen-bond acceptors (Lipinski definition) is 5. The van der Waals surface area contributed by atoms with Gasteiger partial charge in [-0.05, 0) is 25.7 Å². The third-order valence-electron chi connectivity index (χ3n) is 2.90. The van der Waals surface area contributed by atoms with E-state index in [2.05, 4.69) is 10.1 Å². The van der Waals surface area contributed by atoms with E-state index in [0.29, 0.717) is 0 Å². The Labute approximate surface area is 135 Å². The Bertz CT molecular complexity index is 490. The van der Waals surface area contributed by atoms with Crippen molar-refractivity contribution in [2.75, 3.05) is 0 Å². The summed E-state index contributed by atoms with van der Waals surface area (Å²) in [4.78, 5) is 38.0. The quantitative estimate of drug-likeness (QED) is 0.290. The van der Waals surface area contributed by atoms with E-state index in [1.807, 2.05) is 0 Å². The molecule has 23 heavy (non-hydrogen) atoms. The van der Waals surface area contributed by atoms with Crippen LogP contribution in [0.5, 0.6) is 0 Å². The van der Waals surface area contributed by atoms with Crippen molar-refractivity contribution in [2.24, 2.45) is 5.41 Å². The number of carbonyl (C=O) groups is 3. The highest BCUT2D eigenvalue weighted by atomic mass is 16.5. The third kappa shape index (κ3) is 8.23. The van der Waals surface area contributed by atoms with E-state index in [1.165, 1.54) is 0 Å². The Hall–Kier alpha value is -2.05. The molecule has 0 bridgehead atoms. The van der Waals surface area contributed by atoms with Crippen LogP contribution in [0.25, 0.3) is 5.53 Å². The molecule has 0 saturated heterocycles. The summed E-state index contributed by atoms with van der Waals surface area (Å²) in [5.41, 5.74) is 7.59. The fraction of sp³-hybridized carbons (Fsp3) is 0.733. The molecule has 8 heteroatoms. The predicted octanol–water partition coefficient (Wildman–Crippen LogP) is 0.480. The monoisotopic (exact) mass is 327 g/mol. The van der Waals surface area contributed by atoms with E-state index in [4.69, 9.17) is 10.3 Å². The molecule has 0 aromatic carbocycles. The summed E-state index contributed by atoms with van der Waals surface area (Å²) in [7, 11) is 0. The van der Waals surface area contributed by atoms with Gasteiger partial charge in [-0.2, -0.15) is 4.79 Å². The summed E-state index contributed by atoms with van der Waals surface area (Å²) < 4.78 is 5.04. The zero-order valence-electron chi connectivity index (χ0n) is 14.2. The summed E-state index contributed by atoms with van der Waals surface area (Å²) in [6.07, 6.45) is -1.13. The second-order valence-corrected chi connectivity index (χ2v) is 6.56. The number of nitrogens with one attached hydrogen (secondary N) is 1. The number of carbonyl (C=O) groups excluding carboxylic acids is 3. The Morgan fingerprint density at radius 1 is 1.30 bits per heavy atom. The molecule has 0 heterocycles. The van der Waals surface area contributed by atoms with Crippen LogP contribution in [-0.4, -0.2) is 52.0 Å². The minimum Gasteiger partial charge on any atom is -0.461 e.